The zero-order valence-corrected chi connectivity index (χ0v) is 14.1. The molecule has 0 amide bonds. The first kappa shape index (κ1) is 17.7. The predicted octanol–water partition coefficient (Wildman–Crippen LogP) is 1.88. The lowest BCUT2D eigenvalue weighted by atomic mass is 9.78. The van der Waals surface area contributed by atoms with Crippen LogP contribution in [0.25, 0.3) is 6.08 Å². The van der Waals surface area contributed by atoms with Crippen LogP contribution in [0.5, 0.6) is 0 Å². The van der Waals surface area contributed by atoms with E-state index in [1.807, 2.05) is 27.7 Å². The SMILES string of the molecule is COC(=O)c1ccc(C=C(CO)B2OC(C)(C)C(C)(C)O2)nc1. The van der Waals surface area contributed by atoms with Crippen LogP contribution >= 0.6 is 0 Å². The highest BCUT2D eigenvalue weighted by Crippen LogP contribution is 2.38. The number of methoxy groups -OCH3 is 1. The molecule has 1 fully saturated rings. The summed E-state index contributed by atoms with van der Waals surface area (Å²) >= 11 is 0. The first-order valence-electron chi connectivity index (χ1n) is 7.41. The van der Waals surface area contributed by atoms with Gasteiger partial charge in [-0.1, -0.05) is 0 Å². The zero-order chi connectivity index (χ0) is 17.3. The molecule has 0 unspecified atom stereocenters. The highest BCUT2D eigenvalue weighted by Gasteiger charge is 2.52. The predicted molar refractivity (Wildman–Crippen MR) is 86.7 cm³/mol. The molecule has 0 saturated carbocycles. The molecule has 23 heavy (non-hydrogen) atoms. The fourth-order valence-corrected chi connectivity index (χ4v) is 2.10. The van der Waals surface area contributed by atoms with Gasteiger partial charge in [0.15, 0.2) is 0 Å². The van der Waals surface area contributed by atoms with Gasteiger partial charge in [-0.05, 0) is 51.4 Å². The van der Waals surface area contributed by atoms with Crippen LogP contribution in [0.3, 0.4) is 0 Å². The molecule has 2 rings (SSSR count). The van der Waals surface area contributed by atoms with Gasteiger partial charge in [0.2, 0.25) is 0 Å². The van der Waals surface area contributed by atoms with E-state index in [-0.39, 0.29) is 6.61 Å². The normalized spacial score (nSPS) is 19.7. The quantitative estimate of drug-likeness (QED) is 0.674. The molecule has 1 saturated heterocycles. The second-order valence-electron chi connectivity index (χ2n) is 6.43. The third-order valence-corrected chi connectivity index (χ3v) is 4.28. The van der Waals surface area contributed by atoms with E-state index in [9.17, 15) is 9.90 Å². The summed E-state index contributed by atoms with van der Waals surface area (Å²) < 4.78 is 16.5. The van der Waals surface area contributed by atoms with Gasteiger partial charge in [-0.3, -0.25) is 4.98 Å². The van der Waals surface area contributed by atoms with Crippen molar-refractivity contribution in [2.24, 2.45) is 0 Å². The van der Waals surface area contributed by atoms with Crippen molar-refractivity contribution in [3.05, 3.63) is 35.1 Å². The van der Waals surface area contributed by atoms with Crippen molar-refractivity contribution < 1.29 is 23.9 Å². The van der Waals surface area contributed by atoms with Crippen LogP contribution in [0, 0.1) is 0 Å². The van der Waals surface area contributed by atoms with Crippen LogP contribution in [0.1, 0.15) is 43.7 Å². The molecule has 0 spiro atoms. The second kappa shape index (κ2) is 6.43. The Bertz CT molecular complexity index is 593. The average molecular weight is 319 g/mol. The topological polar surface area (TPSA) is 77.9 Å². The van der Waals surface area contributed by atoms with Crippen LogP contribution in [0.2, 0.25) is 0 Å². The monoisotopic (exact) mass is 319 g/mol. The van der Waals surface area contributed by atoms with E-state index in [4.69, 9.17) is 9.31 Å². The number of carbonyl (C=O) groups is 1. The molecule has 1 aliphatic rings. The molecular weight excluding hydrogens is 297 g/mol. The molecule has 1 aromatic rings. The van der Waals surface area contributed by atoms with Gasteiger partial charge in [-0.25, -0.2) is 4.79 Å². The molecule has 0 aliphatic carbocycles. The van der Waals surface area contributed by atoms with E-state index in [0.29, 0.717) is 16.7 Å². The van der Waals surface area contributed by atoms with E-state index in [2.05, 4.69) is 9.72 Å². The summed E-state index contributed by atoms with van der Waals surface area (Å²) in [7, 11) is 0.685. The van der Waals surface area contributed by atoms with E-state index in [0.717, 1.165) is 0 Å². The molecule has 0 atom stereocenters. The van der Waals surface area contributed by atoms with Crippen LogP contribution in [-0.4, -0.2) is 48.1 Å². The largest absolute Gasteiger partial charge is 0.492 e. The maximum atomic E-state index is 11.4. The van der Waals surface area contributed by atoms with E-state index < -0.39 is 24.3 Å². The standard InChI is InChI=1S/C16H22BNO5/c1-15(2)16(3,4)23-17(22-15)12(10-19)8-13-7-6-11(9-18-13)14(20)21-5/h6-9,19H,10H2,1-5H3. The Morgan fingerprint density at radius 3 is 2.35 bits per heavy atom. The maximum absolute atomic E-state index is 11.4. The Balaban J connectivity index is 2.21. The van der Waals surface area contributed by atoms with Crippen molar-refractivity contribution in [2.45, 2.75) is 38.9 Å². The molecule has 1 N–H and O–H groups in total. The molecule has 0 bridgehead atoms. The first-order chi connectivity index (χ1) is 10.7. The summed E-state index contributed by atoms with van der Waals surface area (Å²) in [5.74, 6) is -0.443. The number of nitrogens with zero attached hydrogens (tertiary/aromatic N) is 1. The van der Waals surface area contributed by atoms with Gasteiger partial charge in [0.05, 0.1) is 36.2 Å². The lowest BCUT2D eigenvalue weighted by Crippen LogP contribution is -2.41. The summed E-state index contributed by atoms with van der Waals surface area (Å²) in [5.41, 5.74) is 0.576. The van der Waals surface area contributed by atoms with Gasteiger partial charge in [0.25, 0.3) is 0 Å². The summed E-state index contributed by atoms with van der Waals surface area (Å²) in [6, 6.07) is 3.29. The number of pyridine rings is 1. The van der Waals surface area contributed by atoms with E-state index >= 15 is 0 Å². The molecule has 124 valence electrons. The number of rotatable bonds is 4. The van der Waals surface area contributed by atoms with Crippen molar-refractivity contribution in [3.8, 4) is 0 Å². The Kier molecular flexibility index (Phi) is 4.94. The molecule has 1 aliphatic heterocycles. The van der Waals surface area contributed by atoms with Crippen molar-refractivity contribution >= 4 is 19.2 Å². The lowest BCUT2D eigenvalue weighted by molar-refractivity contribution is 0.00578. The molecule has 6 nitrogen and oxygen atoms in total. The Morgan fingerprint density at radius 1 is 1.30 bits per heavy atom. The highest BCUT2D eigenvalue weighted by molar-refractivity contribution is 6.55. The first-order valence-corrected chi connectivity index (χ1v) is 7.41. The fraction of sp³-hybridized carbons (Fsp3) is 0.500. The van der Waals surface area contributed by atoms with Crippen LogP contribution in [0.4, 0.5) is 0 Å². The number of ether oxygens (including phenoxy) is 1. The smallest absolute Gasteiger partial charge is 0.465 e. The molecule has 7 heteroatoms. The maximum Gasteiger partial charge on any atom is 0.492 e. The number of aliphatic hydroxyl groups excluding tert-OH is 1. The van der Waals surface area contributed by atoms with E-state index in [1.165, 1.54) is 13.3 Å². The third-order valence-electron chi connectivity index (χ3n) is 4.28. The summed E-state index contributed by atoms with van der Waals surface area (Å²) in [6.07, 6.45) is 3.13. The second-order valence-corrected chi connectivity index (χ2v) is 6.43. The molecule has 0 aromatic carbocycles. The molecule has 0 radical (unpaired) electrons. The number of hydrogen-bond donors (Lipinski definition) is 1. The van der Waals surface area contributed by atoms with Gasteiger partial charge in [0, 0.05) is 6.20 Å². The average Bonchev–Trinajstić information content (AvgIpc) is 2.72. The van der Waals surface area contributed by atoms with Crippen molar-refractivity contribution in [3.63, 3.8) is 0 Å². The van der Waals surface area contributed by atoms with Gasteiger partial charge < -0.3 is 19.2 Å². The molecule has 1 aromatic heterocycles. The summed E-state index contributed by atoms with van der Waals surface area (Å²) in [5, 5.41) is 9.64. The van der Waals surface area contributed by atoms with Gasteiger partial charge in [0.1, 0.15) is 0 Å². The number of hydrogen-bond acceptors (Lipinski definition) is 6. The summed E-state index contributed by atoms with van der Waals surface area (Å²) in [6.45, 7) is 7.59. The van der Waals surface area contributed by atoms with Crippen molar-refractivity contribution in [2.75, 3.05) is 13.7 Å². The highest BCUT2D eigenvalue weighted by atomic mass is 16.7. The third kappa shape index (κ3) is 3.63. The molecule has 2 heterocycles. The Hall–Kier alpha value is -1.70. The fourth-order valence-electron chi connectivity index (χ4n) is 2.10. The van der Waals surface area contributed by atoms with Gasteiger partial charge in [-0.15, -0.1) is 0 Å². The summed E-state index contributed by atoms with van der Waals surface area (Å²) in [4.78, 5) is 15.6. The number of aromatic nitrogens is 1. The van der Waals surface area contributed by atoms with Gasteiger partial charge >= 0.3 is 13.1 Å². The number of carbonyl (C=O) groups excluding carboxylic acids is 1. The van der Waals surface area contributed by atoms with Crippen molar-refractivity contribution in [1.29, 1.82) is 0 Å². The number of aliphatic hydroxyl groups is 1. The number of esters is 1. The van der Waals surface area contributed by atoms with E-state index in [1.54, 1.807) is 18.2 Å². The zero-order valence-electron chi connectivity index (χ0n) is 14.1. The van der Waals surface area contributed by atoms with Gasteiger partial charge in [-0.2, -0.15) is 0 Å². The van der Waals surface area contributed by atoms with Crippen molar-refractivity contribution in [1.82, 2.24) is 4.98 Å². The minimum absolute atomic E-state index is 0.211. The minimum Gasteiger partial charge on any atom is -0.465 e. The van der Waals surface area contributed by atoms with Crippen LogP contribution in [-0.2, 0) is 14.0 Å². The Labute approximate surface area is 136 Å². The molecular formula is C16H22BNO5. The Morgan fingerprint density at radius 2 is 1.91 bits per heavy atom. The lowest BCUT2D eigenvalue weighted by Gasteiger charge is -2.32. The van der Waals surface area contributed by atoms with Crippen LogP contribution in [0.15, 0.2) is 23.8 Å². The van der Waals surface area contributed by atoms with Crippen LogP contribution < -0.4 is 0 Å². The minimum atomic E-state index is -0.632.